The van der Waals surface area contributed by atoms with Crippen LogP contribution in [0.1, 0.15) is 45.2 Å². The number of pyridine rings is 1. The molecular weight excluding hydrogens is 665 g/mol. The zero-order valence-electron chi connectivity index (χ0n) is 25.6. The molecule has 49 heavy (non-hydrogen) atoms. The van der Waals surface area contributed by atoms with E-state index in [4.69, 9.17) is 28.2 Å². The first-order valence-electron chi connectivity index (χ1n) is 15.4. The Bertz CT molecular complexity index is 2550. The number of hydrogen-bond donors (Lipinski definition) is 2. The van der Waals surface area contributed by atoms with E-state index in [0.29, 0.717) is 50.5 Å². The number of rotatable bonds is 5. The van der Waals surface area contributed by atoms with Crippen LogP contribution in [-0.4, -0.2) is 51.5 Å². The standard InChI is InChI=1S/C35H23Cl2N9O3/c1-17-10-21-11-19(25-14-20(36)7-9-28(25)44-16-29(37)41-43-44)13-30(47)45(21)31(17)32-38-15-27(39-32)18-6-8-24-26(12-18)40-42-33(24)46-34(48)22-4-2-3-5-23(22)35(46)49/h2-9,11-17,31H,10H2,1H3,(H,38,39)(H,40,42)/t17-,31-/m0/s1. The van der Waals surface area contributed by atoms with Crippen molar-refractivity contribution in [2.24, 2.45) is 5.92 Å². The highest BCUT2D eigenvalue weighted by Crippen LogP contribution is 2.38. The zero-order chi connectivity index (χ0) is 33.6. The summed E-state index contributed by atoms with van der Waals surface area (Å²) in [6, 6.07) is 21.0. The third-order valence-electron chi connectivity index (χ3n) is 9.21. The molecule has 7 aromatic rings. The number of hydrogen-bond acceptors (Lipinski definition) is 7. The van der Waals surface area contributed by atoms with E-state index in [9.17, 15) is 14.4 Å². The minimum Gasteiger partial charge on any atom is -0.340 e. The van der Waals surface area contributed by atoms with Crippen molar-refractivity contribution in [3.05, 3.63) is 128 Å². The lowest BCUT2D eigenvalue weighted by Gasteiger charge is -2.17. The van der Waals surface area contributed by atoms with Gasteiger partial charge in [0.1, 0.15) is 5.82 Å². The monoisotopic (exact) mass is 687 g/mol. The van der Waals surface area contributed by atoms with E-state index in [-0.39, 0.29) is 28.5 Å². The fourth-order valence-electron chi connectivity index (χ4n) is 7.01. The van der Waals surface area contributed by atoms with Crippen LogP contribution in [0, 0.1) is 5.92 Å². The summed E-state index contributed by atoms with van der Waals surface area (Å²) < 4.78 is 3.35. The van der Waals surface area contributed by atoms with Crippen molar-refractivity contribution in [2.75, 3.05) is 4.90 Å². The van der Waals surface area contributed by atoms with Crippen molar-refractivity contribution in [1.29, 1.82) is 0 Å². The topological polar surface area (TPSA) is 147 Å². The number of carbonyl (C=O) groups is 2. The molecule has 0 spiro atoms. The normalized spacial score (nSPS) is 16.9. The summed E-state index contributed by atoms with van der Waals surface area (Å²) in [6.45, 7) is 2.10. The highest BCUT2D eigenvalue weighted by Gasteiger charge is 2.39. The van der Waals surface area contributed by atoms with Gasteiger partial charge >= 0.3 is 0 Å². The van der Waals surface area contributed by atoms with Gasteiger partial charge in [-0.05, 0) is 66.4 Å². The Kier molecular flexibility index (Phi) is 6.48. The van der Waals surface area contributed by atoms with Gasteiger partial charge in [-0.25, -0.2) is 14.6 Å². The summed E-state index contributed by atoms with van der Waals surface area (Å²) in [4.78, 5) is 49.2. The van der Waals surface area contributed by atoms with E-state index in [1.165, 1.54) is 0 Å². The summed E-state index contributed by atoms with van der Waals surface area (Å²) in [7, 11) is 0. The molecule has 0 saturated carbocycles. The number of benzene rings is 3. The number of nitrogens with zero attached hydrogens (tertiary/aromatic N) is 7. The molecule has 12 nitrogen and oxygen atoms in total. The summed E-state index contributed by atoms with van der Waals surface area (Å²) in [5.74, 6) is 0.180. The molecule has 3 aromatic carbocycles. The smallest absolute Gasteiger partial charge is 0.267 e. The summed E-state index contributed by atoms with van der Waals surface area (Å²) in [6.07, 6.45) is 4.00. The van der Waals surface area contributed by atoms with Crippen molar-refractivity contribution < 1.29 is 9.59 Å². The molecule has 2 aliphatic rings. The van der Waals surface area contributed by atoms with Gasteiger partial charge in [-0.2, -0.15) is 5.10 Å². The number of aromatic amines is 2. The first-order valence-corrected chi connectivity index (χ1v) is 16.2. The first kappa shape index (κ1) is 29.3. The molecule has 0 aliphatic carbocycles. The number of H-pyrrole nitrogens is 2. The number of nitrogens with one attached hydrogen (secondary N) is 2. The van der Waals surface area contributed by atoms with Crippen LogP contribution in [0.5, 0.6) is 0 Å². The Morgan fingerprint density at radius 3 is 2.43 bits per heavy atom. The number of fused-ring (bicyclic) bond motifs is 3. The van der Waals surface area contributed by atoms with Gasteiger partial charge in [-0.1, -0.05) is 53.5 Å². The summed E-state index contributed by atoms with van der Waals surface area (Å²) in [5, 5.41) is 16.7. The van der Waals surface area contributed by atoms with Gasteiger partial charge in [-0.15, -0.1) is 5.10 Å². The van der Waals surface area contributed by atoms with E-state index in [1.54, 1.807) is 64.1 Å². The third kappa shape index (κ3) is 4.55. The molecule has 14 heteroatoms. The molecule has 0 bridgehead atoms. The Balaban J connectivity index is 1.03. The van der Waals surface area contributed by atoms with Gasteiger partial charge in [-0.3, -0.25) is 19.5 Å². The molecule has 2 N–H and O–H groups in total. The van der Waals surface area contributed by atoms with Crippen molar-refractivity contribution in [2.45, 2.75) is 19.4 Å². The van der Waals surface area contributed by atoms with E-state index < -0.39 is 11.8 Å². The lowest BCUT2D eigenvalue weighted by molar-refractivity contribution is 0.0925. The van der Waals surface area contributed by atoms with Gasteiger partial charge in [0.2, 0.25) is 0 Å². The molecular formula is C35H23Cl2N9O3. The van der Waals surface area contributed by atoms with Crippen LogP contribution in [-0.2, 0) is 6.42 Å². The van der Waals surface area contributed by atoms with Crippen LogP contribution >= 0.6 is 23.2 Å². The molecule has 240 valence electrons. The van der Waals surface area contributed by atoms with Gasteiger partial charge in [0.25, 0.3) is 17.4 Å². The van der Waals surface area contributed by atoms with E-state index >= 15 is 0 Å². The SMILES string of the molecule is C[C@H]1Cc2cc(-c3cc(Cl)ccc3-n3cc(Cl)nn3)cc(=O)n2[C@@H]1c1ncc(-c2ccc3c(N4C(=O)c5ccccc5C4=O)n[nH]c3c2)[nH]1. The number of aromatic nitrogens is 8. The predicted molar refractivity (Wildman–Crippen MR) is 183 cm³/mol. The minimum absolute atomic E-state index is 0.0761. The molecule has 0 fully saturated rings. The maximum absolute atomic E-state index is 13.8. The molecule has 6 heterocycles. The number of anilines is 1. The van der Waals surface area contributed by atoms with Crippen molar-refractivity contribution in [3.8, 4) is 28.1 Å². The fourth-order valence-corrected chi connectivity index (χ4v) is 7.31. The zero-order valence-corrected chi connectivity index (χ0v) is 27.1. The van der Waals surface area contributed by atoms with Gasteiger partial charge in [0.05, 0.1) is 46.5 Å². The lowest BCUT2D eigenvalue weighted by atomic mass is 10.0. The first-order chi connectivity index (χ1) is 23.7. The summed E-state index contributed by atoms with van der Waals surface area (Å²) in [5.41, 5.74) is 5.77. The van der Waals surface area contributed by atoms with Gasteiger partial charge < -0.3 is 9.55 Å². The second-order valence-electron chi connectivity index (χ2n) is 12.2. The van der Waals surface area contributed by atoms with Crippen molar-refractivity contribution in [1.82, 2.24) is 39.7 Å². The molecule has 2 amide bonds. The molecule has 4 aromatic heterocycles. The van der Waals surface area contributed by atoms with Crippen LogP contribution < -0.4 is 10.5 Å². The van der Waals surface area contributed by atoms with E-state index in [0.717, 1.165) is 27.4 Å². The van der Waals surface area contributed by atoms with Crippen LogP contribution in [0.2, 0.25) is 10.2 Å². The molecule has 0 saturated heterocycles. The molecule has 0 radical (unpaired) electrons. The number of imidazole rings is 1. The maximum Gasteiger partial charge on any atom is 0.267 e. The second-order valence-corrected chi connectivity index (χ2v) is 13.0. The van der Waals surface area contributed by atoms with E-state index in [1.807, 2.05) is 30.3 Å². The van der Waals surface area contributed by atoms with Crippen LogP contribution in [0.15, 0.2) is 90.0 Å². The van der Waals surface area contributed by atoms with Crippen LogP contribution in [0.4, 0.5) is 5.82 Å². The Labute approximate surface area is 286 Å². The molecule has 0 unspecified atom stereocenters. The number of amides is 2. The quantitative estimate of drug-likeness (QED) is 0.203. The third-order valence-corrected chi connectivity index (χ3v) is 9.62. The predicted octanol–water partition coefficient (Wildman–Crippen LogP) is 6.25. The van der Waals surface area contributed by atoms with Crippen molar-refractivity contribution in [3.63, 3.8) is 0 Å². The highest BCUT2D eigenvalue weighted by atomic mass is 35.5. The van der Waals surface area contributed by atoms with Crippen molar-refractivity contribution >= 4 is 51.7 Å². The van der Waals surface area contributed by atoms with Gasteiger partial charge in [0.15, 0.2) is 11.0 Å². The average Bonchev–Trinajstić information content (AvgIpc) is 3.93. The fraction of sp³-hybridized carbons (Fsp3) is 0.114. The van der Waals surface area contributed by atoms with Crippen LogP contribution in [0.3, 0.4) is 0 Å². The Morgan fingerprint density at radius 2 is 1.67 bits per heavy atom. The molecule has 2 aliphatic heterocycles. The number of imide groups is 1. The summed E-state index contributed by atoms with van der Waals surface area (Å²) >= 11 is 12.4. The Morgan fingerprint density at radius 1 is 0.878 bits per heavy atom. The minimum atomic E-state index is -0.405. The van der Waals surface area contributed by atoms with Crippen LogP contribution in [0.25, 0.3) is 39.0 Å². The Hall–Kier alpha value is -5.85. The molecule has 9 rings (SSSR count). The number of halogens is 2. The lowest BCUT2D eigenvalue weighted by Crippen LogP contribution is -2.29. The number of carbonyl (C=O) groups excluding carboxylic acids is 2. The van der Waals surface area contributed by atoms with E-state index in [2.05, 4.69) is 32.4 Å². The largest absolute Gasteiger partial charge is 0.340 e. The molecule has 2 atom stereocenters. The average molecular weight is 689 g/mol. The highest BCUT2D eigenvalue weighted by molar-refractivity contribution is 6.35. The van der Waals surface area contributed by atoms with Gasteiger partial charge in [0, 0.05) is 33.3 Å². The maximum atomic E-state index is 13.8. The second kappa shape index (κ2) is 10.8.